The number of hydrogen-bond acceptors (Lipinski definition) is 4. The Labute approximate surface area is 137 Å². The van der Waals surface area contributed by atoms with E-state index in [1.54, 1.807) is 19.1 Å². The van der Waals surface area contributed by atoms with Gasteiger partial charge in [-0.05, 0) is 37.5 Å². The van der Waals surface area contributed by atoms with Gasteiger partial charge in [-0.2, -0.15) is 4.31 Å². The average molecular weight is 340 g/mol. The van der Waals surface area contributed by atoms with Gasteiger partial charge in [-0.3, -0.25) is 4.79 Å². The van der Waals surface area contributed by atoms with Crippen molar-refractivity contribution in [3.05, 3.63) is 23.8 Å². The Kier molecular flexibility index (Phi) is 5.64. The molecule has 1 N–H and O–H groups in total. The Bertz CT molecular complexity index is 665. The van der Waals surface area contributed by atoms with E-state index in [0.29, 0.717) is 38.1 Å². The number of carbonyl (C=O) groups is 1. The smallest absolute Gasteiger partial charge is 0.246 e. The third-order valence-electron chi connectivity index (χ3n) is 4.08. The summed E-state index contributed by atoms with van der Waals surface area (Å²) in [5.41, 5.74) is 0.870. The minimum absolute atomic E-state index is 0.00617. The van der Waals surface area contributed by atoms with Gasteiger partial charge in [0.1, 0.15) is 10.6 Å². The molecule has 0 aliphatic carbocycles. The molecule has 7 heteroatoms. The zero-order valence-electron chi connectivity index (χ0n) is 13.8. The molecule has 23 heavy (non-hydrogen) atoms. The molecule has 0 aromatic heterocycles. The molecule has 1 saturated heterocycles. The maximum absolute atomic E-state index is 12.9. The number of nitrogens with zero attached hydrogens (tertiary/aromatic N) is 1. The molecule has 2 rings (SSSR count). The number of sulfonamides is 1. The summed E-state index contributed by atoms with van der Waals surface area (Å²) in [6.07, 6.45) is 1.69. The van der Waals surface area contributed by atoms with E-state index >= 15 is 0 Å². The molecule has 0 radical (unpaired) electrons. The molecule has 1 aliphatic heterocycles. The van der Waals surface area contributed by atoms with Crippen LogP contribution in [0.1, 0.15) is 31.7 Å². The topological polar surface area (TPSA) is 75.7 Å². The highest BCUT2D eigenvalue weighted by Crippen LogP contribution is 2.29. The van der Waals surface area contributed by atoms with E-state index in [2.05, 4.69) is 5.32 Å². The van der Waals surface area contributed by atoms with E-state index in [-0.39, 0.29) is 16.8 Å². The van der Waals surface area contributed by atoms with E-state index in [1.807, 2.05) is 13.0 Å². The number of ether oxygens (including phenoxy) is 1. The van der Waals surface area contributed by atoms with Crippen molar-refractivity contribution in [3.8, 4) is 5.75 Å². The lowest BCUT2D eigenvalue weighted by molar-refractivity contribution is -0.121. The molecular formula is C16H24N2O4S. The number of carbonyl (C=O) groups excluding carboxylic acids is 1. The van der Waals surface area contributed by atoms with Crippen LogP contribution in [0.5, 0.6) is 5.75 Å². The fourth-order valence-corrected chi connectivity index (χ4v) is 4.40. The summed E-state index contributed by atoms with van der Waals surface area (Å²) < 4.78 is 32.4. The molecule has 1 aromatic rings. The van der Waals surface area contributed by atoms with Crippen molar-refractivity contribution in [1.82, 2.24) is 9.62 Å². The first-order valence-electron chi connectivity index (χ1n) is 7.82. The summed E-state index contributed by atoms with van der Waals surface area (Å²) in [6.45, 7) is 4.45. The van der Waals surface area contributed by atoms with Crippen molar-refractivity contribution in [1.29, 1.82) is 0 Å². The second kappa shape index (κ2) is 7.31. The first kappa shape index (κ1) is 17.7. The molecule has 1 fully saturated rings. The normalized spacial score (nSPS) is 17.0. The molecule has 1 aliphatic rings. The van der Waals surface area contributed by atoms with Gasteiger partial charge >= 0.3 is 0 Å². The SMILES string of the molecule is CCC(=O)NC1CCN(S(=O)(=O)c2cc(C)ccc2OC)CC1. The van der Waals surface area contributed by atoms with E-state index in [1.165, 1.54) is 11.4 Å². The Morgan fingerprint density at radius 3 is 2.57 bits per heavy atom. The molecule has 6 nitrogen and oxygen atoms in total. The molecular weight excluding hydrogens is 316 g/mol. The van der Waals surface area contributed by atoms with Crippen LogP contribution in [0.4, 0.5) is 0 Å². The number of nitrogens with one attached hydrogen (secondary N) is 1. The highest BCUT2D eigenvalue weighted by atomic mass is 32.2. The molecule has 0 bridgehead atoms. The number of benzene rings is 1. The van der Waals surface area contributed by atoms with E-state index in [4.69, 9.17) is 4.74 Å². The van der Waals surface area contributed by atoms with Crippen molar-refractivity contribution >= 4 is 15.9 Å². The minimum Gasteiger partial charge on any atom is -0.495 e. The second-order valence-electron chi connectivity index (χ2n) is 5.75. The van der Waals surface area contributed by atoms with Crippen molar-refractivity contribution in [2.45, 2.75) is 44.0 Å². The summed E-state index contributed by atoms with van der Waals surface area (Å²) in [7, 11) is -2.12. The monoisotopic (exact) mass is 340 g/mol. The van der Waals surface area contributed by atoms with Crippen LogP contribution >= 0.6 is 0 Å². The molecule has 0 spiro atoms. The lowest BCUT2D eigenvalue weighted by Gasteiger charge is -2.32. The predicted octanol–water partition coefficient (Wildman–Crippen LogP) is 1.68. The Balaban J connectivity index is 2.13. The van der Waals surface area contributed by atoms with Crippen molar-refractivity contribution in [2.75, 3.05) is 20.2 Å². The molecule has 128 valence electrons. The molecule has 1 heterocycles. The van der Waals surface area contributed by atoms with Gasteiger partial charge < -0.3 is 10.1 Å². The van der Waals surface area contributed by atoms with Crippen LogP contribution < -0.4 is 10.1 Å². The minimum atomic E-state index is -3.59. The Hall–Kier alpha value is -1.60. The largest absolute Gasteiger partial charge is 0.495 e. The number of hydrogen-bond donors (Lipinski definition) is 1. The van der Waals surface area contributed by atoms with Crippen LogP contribution in [-0.4, -0.2) is 44.9 Å². The number of rotatable bonds is 5. The molecule has 1 aromatic carbocycles. The summed E-state index contributed by atoms with van der Waals surface area (Å²) >= 11 is 0. The first-order chi connectivity index (χ1) is 10.9. The predicted molar refractivity (Wildman–Crippen MR) is 87.9 cm³/mol. The van der Waals surface area contributed by atoms with E-state index < -0.39 is 10.0 Å². The Morgan fingerprint density at radius 2 is 2.00 bits per heavy atom. The molecule has 0 unspecified atom stereocenters. The van der Waals surface area contributed by atoms with E-state index in [9.17, 15) is 13.2 Å². The zero-order valence-corrected chi connectivity index (χ0v) is 14.6. The van der Waals surface area contributed by atoms with Gasteiger partial charge in [-0.1, -0.05) is 13.0 Å². The third kappa shape index (κ3) is 4.03. The number of aryl methyl sites for hydroxylation is 1. The zero-order chi connectivity index (χ0) is 17.0. The van der Waals surface area contributed by atoms with Gasteiger partial charge in [0.15, 0.2) is 0 Å². The van der Waals surface area contributed by atoms with Crippen LogP contribution in [0, 0.1) is 6.92 Å². The van der Waals surface area contributed by atoms with Gasteiger partial charge in [-0.15, -0.1) is 0 Å². The molecule has 0 saturated carbocycles. The van der Waals surface area contributed by atoms with Crippen molar-refractivity contribution in [3.63, 3.8) is 0 Å². The van der Waals surface area contributed by atoms with E-state index in [0.717, 1.165) is 5.56 Å². The molecule has 0 atom stereocenters. The van der Waals surface area contributed by atoms with Crippen molar-refractivity contribution < 1.29 is 17.9 Å². The average Bonchev–Trinajstić information content (AvgIpc) is 2.55. The summed E-state index contributed by atoms with van der Waals surface area (Å²) in [5, 5.41) is 2.93. The fraction of sp³-hybridized carbons (Fsp3) is 0.562. The maximum Gasteiger partial charge on any atom is 0.246 e. The second-order valence-corrected chi connectivity index (χ2v) is 7.66. The van der Waals surface area contributed by atoms with Crippen LogP contribution in [-0.2, 0) is 14.8 Å². The summed E-state index contributed by atoms with van der Waals surface area (Å²) in [4.78, 5) is 11.6. The lowest BCUT2D eigenvalue weighted by Crippen LogP contribution is -2.46. The standard InChI is InChI=1S/C16H24N2O4S/c1-4-16(19)17-13-7-9-18(10-8-13)23(20,21)15-11-12(2)5-6-14(15)22-3/h5-6,11,13H,4,7-10H2,1-3H3,(H,17,19). The highest BCUT2D eigenvalue weighted by molar-refractivity contribution is 7.89. The first-order valence-corrected chi connectivity index (χ1v) is 9.26. The van der Waals surface area contributed by atoms with Gasteiger partial charge in [-0.25, -0.2) is 8.42 Å². The quantitative estimate of drug-likeness (QED) is 0.885. The van der Waals surface area contributed by atoms with Gasteiger partial charge in [0.05, 0.1) is 7.11 Å². The highest BCUT2D eigenvalue weighted by Gasteiger charge is 2.31. The lowest BCUT2D eigenvalue weighted by atomic mass is 10.1. The summed E-state index contributed by atoms with van der Waals surface area (Å²) in [6, 6.07) is 5.19. The number of amides is 1. The number of methoxy groups -OCH3 is 1. The van der Waals surface area contributed by atoms with Gasteiger partial charge in [0.25, 0.3) is 0 Å². The Morgan fingerprint density at radius 1 is 1.35 bits per heavy atom. The van der Waals surface area contributed by atoms with Crippen LogP contribution in [0.15, 0.2) is 23.1 Å². The van der Waals surface area contributed by atoms with Crippen LogP contribution in [0.25, 0.3) is 0 Å². The number of piperidine rings is 1. The fourth-order valence-electron chi connectivity index (χ4n) is 2.69. The van der Waals surface area contributed by atoms with Crippen LogP contribution in [0.2, 0.25) is 0 Å². The van der Waals surface area contributed by atoms with Gasteiger partial charge in [0.2, 0.25) is 15.9 Å². The summed E-state index contributed by atoms with van der Waals surface area (Å²) in [5.74, 6) is 0.365. The maximum atomic E-state index is 12.9. The molecule has 1 amide bonds. The van der Waals surface area contributed by atoms with Gasteiger partial charge in [0, 0.05) is 25.6 Å². The third-order valence-corrected chi connectivity index (χ3v) is 6.00. The van der Waals surface area contributed by atoms with Crippen LogP contribution in [0.3, 0.4) is 0 Å². The van der Waals surface area contributed by atoms with Crippen molar-refractivity contribution in [2.24, 2.45) is 0 Å².